The molecule has 400 valence electrons. The Hall–Kier alpha value is -4.33. The van der Waals surface area contributed by atoms with Crippen LogP contribution in [0.15, 0.2) is 47.9 Å². The van der Waals surface area contributed by atoms with Crippen LogP contribution in [0, 0.1) is 10.8 Å². The average Bonchev–Trinajstić information content (AvgIpc) is 3.34. The van der Waals surface area contributed by atoms with Gasteiger partial charge in [-0.05, 0) is 37.2 Å². The molecule has 1 aromatic heterocycles. The van der Waals surface area contributed by atoms with E-state index in [0.29, 0.717) is 25.8 Å². The minimum Gasteiger partial charge on any atom is -0.462 e. The standard InChI is InChI=1S/C50H84BN6O13P/c1-4-5-6-7-8-9-10-11-12-13-14-15-18-24-29-45(58)67-38-42(39-69-71(65,66)68-35-34-55-64)70-46(59)30-25-19-16-17-20-26-31-53-48-47(52-32-33-54-48)50(61)56-43(37-41-27-22-21-23-28-41)49(60)57-44(51(62)63)36-40(2)3/h21-23,27-28,32-33,40,42-44,62-63H,4-20,24-26,29-31,34-39H2,1-3H3,(H,53,54)(H,56,61)(H,57,60)(H,65,66)/t42?,43-,44-/m0/s1. The molecule has 0 saturated heterocycles. The van der Waals surface area contributed by atoms with Gasteiger partial charge in [0.2, 0.25) is 5.91 Å². The second-order valence-corrected chi connectivity index (χ2v) is 20.0. The number of benzene rings is 1. The fourth-order valence-corrected chi connectivity index (χ4v) is 8.51. The number of hydrogen-bond donors (Lipinski definition) is 6. The van der Waals surface area contributed by atoms with Crippen LogP contribution in [0.3, 0.4) is 0 Å². The molecule has 0 aliphatic heterocycles. The van der Waals surface area contributed by atoms with E-state index in [1.165, 1.54) is 76.6 Å². The van der Waals surface area contributed by atoms with Crippen molar-refractivity contribution in [2.75, 3.05) is 38.2 Å². The van der Waals surface area contributed by atoms with Gasteiger partial charge >= 0.3 is 26.9 Å². The summed E-state index contributed by atoms with van der Waals surface area (Å²) in [5.74, 6) is -2.85. The van der Waals surface area contributed by atoms with Crippen LogP contribution in [-0.2, 0) is 43.9 Å². The topological polar surface area (TPSA) is 274 Å². The molecule has 71 heavy (non-hydrogen) atoms. The zero-order valence-corrected chi connectivity index (χ0v) is 43.5. The molecule has 2 unspecified atom stereocenters. The van der Waals surface area contributed by atoms with Crippen molar-refractivity contribution in [3.63, 3.8) is 0 Å². The van der Waals surface area contributed by atoms with E-state index in [4.69, 9.17) is 18.5 Å². The maximum atomic E-state index is 13.6. The molecule has 0 saturated carbocycles. The lowest BCUT2D eigenvalue weighted by atomic mass is 9.75. The first kappa shape index (κ1) is 62.8. The van der Waals surface area contributed by atoms with Gasteiger partial charge in [-0.25, -0.2) is 14.5 Å². The van der Waals surface area contributed by atoms with E-state index in [2.05, 4.69) is 38.0 Å². The van der Waals surface area contributed by atoms with E-state index in [9.17, 15) is 43.6 Å². The molecule has 0 aliphatic carbocycles. The number of nitrogens with zero attached hydrogens (tertiary/aromatic N) is 3. The number of esters is 2. The molecule has 6 N–H and O–H groups in total. The Bertz CT molecular complexity index is 1820. The van der Waals surface area contributed by atoms with Crippen LogP contribution in [0.4, 0.5) is 5.82 Å². The number of phosphoric acid groups is 1. The molecule has 2 rings (SSSR count). The quantitative estimate of drug-likeness (QED) is 0.0119. The number of aromatic nitrogens is 2. The lowest BCUT2D eigenvalue weighted by Crippen LogP contribution is -2.55. The molecular formula is C50H84BN6O13P. The predicted molar refractivity (Wildman–Crippen MR) is 274 cm³/mol. The highest BCUT2D eigenvalue weighted by molar-refractivity contribution is 7.47. The summed E-state index contributed by atoms with van der Waals surface area (Å²) >= 11 is 0. The number of phosphoric ester groups is 1. The molecule has 0 spiro atoms. The Balaban J connectivity index is 1.76. The number of unbranched alkanes of at least 4 members (excludes halogenated alkanes) is 18. The lowest BCUT2D eigenvalue weighted by Gasteiger charge is -2.24. The summed E-state index contributed by atoms with van der Waals surface area (Å²) in [6.07, 6.45) is 23.6. The van der Waals surface area contributed by atoms with Crippen molar-refractivity contribution in [1.82, 2.24) is 20.6 Å². The zero-order valence-electron chi connectivity index (χ0n) is 42.6. The van der Waals surface area contributed by atoms with Gasteiger partial charge in [-0.15, -0.1) is 0 Å². The first-order chi connectivity index (χ1) is 34.2. The molecule has 4 atom stereocenters. The van der Waals surface area contributed by atoms with Crippen molar-refractivity contribution in [2.45, 2.75) is 193 Å². The molecular weight excluding hydrogens is 934 g/mol. The molecule has 21 heteroatoms. The SMILES string of the molecule is CCCCCCCCCCCCCCCCC(=O)OCC(COP(=O)(O)OCCN=O)OC(=O)CCCCCCCCNc1nccnc1C(=O)N[C@@H](Cc1ccccc1)C(=O)N[C@@H](CC(C)C)B(O)O. The van der Waals surface area contributed by atoms with E-state index < -0.39 is 70.0 Å². The number of nitrogens with one attached hydrogen (secondary N) is 3. The molecule has 0 fully saturated rings. The van der Waals surface area contributed by atoms with Crippen LogP contribution < -0.4 is 16.0 Å². The number of nitroso groups, excluding NO2 is 1. The summed E-state index contributed by atoms with van der Waals surface area (Å²) in [4.78, 5) is 81.2. The molecule has 1 aromatic carbocycles. The third-order valence-corrected chi connectivity index (χ3v) is 12.6. The summed E-state index contributed by atoms with van der Waals surface area (Å²) in [6, 6.07) is 8.10. The van der Waals surface area contributed by atoms with Crippen molar-refractivity contribution in [3.05, 3.63) is 58.9 Å². The van der Waals surface area contributed by atoms with Gasteiger partial charge in [0, 0.05) is 38.2 Å². The molecule has 2 amide bonds. The van der Waals surface area contributed by atoms with Crippen molar-refractivity contribution in [1.29, 1.82) is 0 Å². The minimum atomic E-state index is -4.59. The van der Waals surface area contributed by atoms with Crippen LogP contribution in [-0.4, -0.2) is 107 Å². The second kappa shape index (κ2) is 39.2. The molecule has 0 radical (unpaired) electrons. The highest BCUT2D eigenvalue weighted by Gasteiger charge is 2.31. The van der Waals surface area contributed by atoms with E-state index in [-0.39, 0.29) is 49.8 Å². The highest BCUT2D eigenvalue weighted by atomic mass is 31.2. The van der Waals surface area contributed by atoms with Gasteiger partial charge in [-0.3, -0.25) is 28.2 Å². The smallest absolute Gasteiger partial charge is 0.462 e. The number of anilines is 1. The Kier molecular flexibility index (Phi) is 34.7. The largest absolute Gasteiger partial charge is 0.475 e. The van der Waals surface area contributed by atoms with Crippen molar-refractivity contribution < 1.29 is 57.2 Å². The number of carbonyl (C=O) groups excluding carboxylic acids is 4. The third kappa shape index (κ3) is 31.7. The van der Waals surface area contributed by atoms with Gasteiger partial charge in [0.05, 0.1) is 19.2 Å². The van der Waals surface area contributed by atoms with E-state index >= 15 is 0 Å². The molecule has 0 bridgehead atoms. The summed E-state index contributed by atoms with van der Waals surface area (Å²) in [6.45, 7) is 4.79. The summed E-state index contributed by atoms with van der Waals surface area (Å²) in [5, 5.41) is 31.0. The van der Waals surface area contributed by atoms with Crippen LogP contribution in [0.25, 0.3) is 0 Å². The van der Waals surface area contributed by atoms with Gasteiger partial charge in [0.25, 0.3) is 5.91 Å². The maximum absolute atomic E-state index is 13.6. The molecule has 19 nitrogen and oxygen atoms in total. The number of carbonyl (C=O) groups is 4. The normalized spacial score (nSPS) is 13.4. The maximum Gasteiger partial charge on any atom is 0.475 e. The fourth-order valence-electron chi connectivity index (χ4n) is 7.76. The van der Waals surface area contributed by atoms with Gasteiger partial charge < -0.3 is 40.4 Å². The number of ether oxygens (including phenoxy) is 2. The predicted octanol–water partition coefficient (Wildman–Crippen LogP) is 8.73. The Morgan fingerprint density at radius 2 is 1.30 bits per heavy atom. The van der Waals surface area contributed by atoms with Crippen LogP contribution >= 0.6 is 7.82 Å². The summed E-state index contributed by atoms with van der Waals surface area (Å²) < 4.78 is 32.8. The lowest BCUT2D eigenvalue weighted by molar-refractivity contribution is -0.161. The summed E-state index contributed by atoms with van der Waals surface area (Å²) in [5.41, 5.74) is 0.796. The van der Waals surface area contributed by atoms with E-state index in [1.54, 1.807) is 0 Å². The highest BCUT2D eigenvalue weighted by Crippen LogP contribution is 2.43. The Labute approximate surface area is 422 Å². The van der Waals surface area contributed by atoms with Gasteiger partial charge in [-0.2, -0.15) is 4.91 Å². The van der Waals surface area contributed by atoms with E-state index in [1.807, 2.05) is 44.2 Å². The first-order valence-corrected chi connectivity index (χ1v) is 27.6. The Morgan fingerprint density at radius 3 is 1.87 bits per heavy atom. The van der Waals surface area contributed by atoms with Crippen molar-refractivity contribution in [2.24, 2.45) is 11.1 Å². The number of rotatable bonds is 44. The fraction of sp³-hybridized carbons (Fsp3) is 0.720. The molecule has 1 heterocycles. The first-order valence-electron chi connectivity index (χ1n) is 26.1. The van der Waals surface area contributed by atoms with Gasteiger partial charge in [0.15, 0.2) is 17.6 Å². The van der Waals surface area contributed by atoms with Crippen LogP contribution in [0.5, 0.6) is 0 Å². The van der Waals surface area contributed by atoms with Crippen LogP contribution in [0.1, 0.15) is 185 Å². The van der Waals surface area contributed by atoms with Crippen LogP contribution in [0.2, 0.25) is 0 Å². The molecule has 0 aliphatic rings. The monoisotopic (exact) mass is 1020 g/mol. The summed E-state index contributed by atoms with van der Waals surface area (Å²) in [7, 11) is -6.37. The number of amides is 2. The third-order valence-electron chi connectivity index (χ3n) is 11.7. The second-order valence-electron chi connectivity index (χ2n) is 18.5. The van der Waals surface area contributed by atoms with Gasteiger partial charge in [-0.1, -0.05) is 165 Å². The average molecular weight is 1020 g/mol. The van der Waals surface area contributed by atoms with Crippen molar-refractivity contribution in [3.8, 4) is 0 Å². The minimum absolute atomic E-state index is 0.00389. The molecule has 2 aromatic rings. The van der Waals surface area contributed by atoms with Crippen molar-refractivity contribution >= 4 is 44.5 Å². The van der Waals surface area contributed by atoms with E-state index in [0.717, 1.165) is 56.9 Å². The van der Waals surface area contributed by atoms with Gasteiger partial charge in [0.1, 0.15) is 19.2 Å². The number of hydrogen-bond acceptors (Lipinski definition) is 16. The Morgan fingerprint density at radius 1 is 0.732 bits per heavy atom. The zero-order chi connectivity index (χ0) is 52.0.